The van der Waals surface area contributed by atoms with Crippen molar-refractivity contribution in [2.24, 2.45) is 5.73 Å². The van der Waals surface area contributed by atoms with Crippen molar-refractivity contribution in [3.05, 3.63) is 23.9 Å². The highest BCUT2D eigenvalue weighted by Gasteiger charge is 2.06. The van der Waals surface area contributed by atoms with Gasteiger partial charge in [0.25, 0.3) is 0 Å². The van der Waals surface area contributed by atoms with Gasteiger partial charge in [0.1, 0.15) is 5.82 Å². The molecule has 5 heteroatoms. The number of carbonyl (C=O) groups is 1. The van der Waals surface area contributed by atoms with E-state index >= 15 is 0 Å². The Morgan fingerprint density at radius 1 is 1.62 bits per heavy atom. The summed E-state index contributed by atoms with van der Waals surface area (Å²) in [5.74, 6) is 0.247. The van der Waals surface area contributed by atoms with Gasteiger partial charge in [0.05, 0.1) is 18.2 Å². The number of hydrogen-bond donors (Lipinski definition) is 2. The minimum Gasteiger partial charge on any atom is -0.383 e. The molecule has 1 heterocycles. The van der Waals surface area contributed by atoms with Crippen molar-refractivity contribution in [2.45, 2.75) is 19.4 Å². The molecule has 1 aromatic heterocycles. The third-order valence-corrected chi connectivity index (χ3v) is 2.26. The normalized spacial score (nSPS) is 12.1. The van der Waals surface area contributed by atoms with Crippen LogP contribution in [0.2, 0.25) is 0 Å². The molecule has 0 spiro atoms. The fraction of sp³-hybridized carbons (Fsp3) is 0.455. The van der Waals surface area contributed by atoms with Gasteiger partial charge in [0.2, 0.25) is 5.91 Å². The maximum absolute atomic E-state index is 10.8. The lowest BCUT2D eigenvalue weighted by Crippen LogP contribution is -2.24. The molecule has 0 radical (unpaired) electrons. The molecule has 1 atom stereocenters. The molecule has 0 fully saturated rings. The summed E-state index contributed by atoms with van der Waals surface area (Å²) in [4.78, 5) is 14.9. The van der Waals surface area contributed by atoms with Crippen LogP contribution in [0.5, 0.6) is 0 Å². The van der Waals surface area contributed by atoms with Crippen LogP contribution in [0.15, 0.2) is 18.3 Å². The van der Waals surface area contributed by atoms with E-state index in [2.05, 4.69) is 17.2 Å². The highest BCUT2D eigenvalue weighted by molar-refractivity contribution is 5.92. The van der Waals surface area contributed by atoms with Gasteiger partial charge >= 0.3 is 0 Å². The quantitative estimate of drug-likeness (QED) is 0.754. The SMILES string of the molecule is CCC(COC)Nc1ccc(C(N)=O)cn1. The Hall–Kier alpha value is -1.62. The van der Waals surface area contributed by atoms with Crippen LogP contribution in [-0.2, 0) is 4.74 Å². The Bertz CT molecular complexity index is 338. The highest BCUT2D eigenvalue weighted by Crippen LogP contribution is 2.07. The first-order chi connectivity index (χ1) is 7.67. The van der Waals surface area contributed by atoms with E-state index in [9.17, 15) is 4.79 Å². The Balaban J connectivity index is 2.63. The maximum atomic E-state index is 10.8. The van der Waals surface area contributed by atoms with Crippen LogP contribution in [0.25, 0.3) is 0 Å². The van der Waals surface area contributed by atoms with Crippen molar-refractivity contribution in [1.29, 1.82) is 0 Å². The third kappa shape index (κ3) is 3.51. The fourth-order valence-corrected chi connectivity index (χ4v) is 1.30. The molecule has 3 N–H and O–H groups in total. The van der Waals surface area contributed by atoms with Gasteiger partial charge in [0, 0.05) is 13.3 Å². The second-order valence-electron chi connectivity index (χ2n) is 3.50. The maximum Gasteiger partial charge on any atom is 0.250 e. The van der Waals surface area contributed by atoms with Crippen LogP contribution < -0.4 is 11.1 Å². The molecule has 0 aliphatic carbocycles. The average Bonchev–Trinajstić information content (AvgIpc) is 2.29. The molecular weight excluding hydrogens is 206 g/mol. The topological polar surface area (TPSA) is 77.2 Å². The average molecular weight is 223 g/mol. The Morgan fingerprint density at radius 2 is 2.38 bits per heavy atom. The van der Waals surface area contributed by atoms with Crippen molar-refractivity contribution in [3.8, 4) is 0 Å². The first-order valence-corrected chi connectivity index (χ1v) is 5.18. The van der Waals surface area contributed by atoms with Crippen LogP contribution >= 0.6 is 0 Å². The number of anilines is 1. The Labute approximate surface area is 95.0 Å². The first-order valence-electron chi connectivity index (χ1n) is 5.18. The summed E-state index contributed by atoms with van der Waals surface area (Å²) in [5, 5.41) is 3.21. The van der Waals surface area contributed by atoms with E-state index in [1.165, 1.54) is 6.20 Å². The summed E-state index contributed by atoms with van der Waals surface area (Å²) in [6, 6.07) is 3.60. The van der Waals surface area contributed by atoms with Gasteiger partial charge in [-0.25, -0.2) is 4.98 Å². The highest BCUT2D eigenvalue weighted by atomic mass is 16.5. The van der Waals surface area contributed by atoms with E-state index in [4.69, 9.17) is 10.5 Å². The predicted molar refractivity (Wildman–Crippen MR) is 62.3 cm³/mol. The van der Waals surface area contributed by atoms with Gasteiger partial charge in [-0.2, -0.15) is 0 Å². The summed E-state index contributed by atoms with van der Waals surface area (Å²) in [7, 11) is 1.66. The molecule has 0 aromatic carbocycles. The van der Waals surface area contributed by atoms with Crippen LogP contribution in [0.3, 0.4) is 0 Å². The number of amides is 1. The van der Waals surface area contributed by atoms with Gasteiger partial charge in [0.15, 0.2) is 0 Å². The monoisotopic (exact) mass is 223 g/mol. The van der Waals surface area contributed by atoms with Crippen molar-refractivity contribution in [1.82, 2.24) is 4.98 Å². The summed E-state index contributed by atoms with van der Waals surface area (Å²) in [6.07, 6.45) is 2.40. The summed E-state index contributed by atoms with van der Waals surface area (Å²) in [6.45, 7) is 2.68. The standard InChI is InChI=1S/C11H17N3O2/c1-3-9(7-16-2)14-10-5-4-8(6-13-10)11(12)15/h4-6,9H,3,7H2,1-2H3,(H2,12,15)(H,13,14). The number of nitrogens with zero attached hydrogens (tertiary/aromatic N) is 1. The van der Waals surface area contributed by atoms with Gasteiger partial charge in [-0.15, -0.1) is 0 Å². The summed E-state index contributed by atoms with van der Waals surface area (Å²) >= 11 is 0. The molecule has 0 bridgehead atoms. The number of rotatable bonds is 6. The lowest BCUT2D eigenvalue weighted by atomic mass is 10.2. The minimum absolute atomic E-state index is 0.219. The van der Waals surface area contributed by atoms with Gasteiger partial charge in [-0.1, -0.05) is 6.92 Å². The molecular formula is C11H17N3O2. The lowest BCUT2D eigenvalue weighted by molar-refractivity contribution is 0.1000. The van der Waals surface area contributed by atoms with Crippen molar-refractivity contribution in [2.75, 3.05) is 19.0 Å². The second kappa shape index (κ2) is 6.07. The van der Waals surface area contributed by atoms with E-state index in [0.29, 0.717) is 18.0 Å². The number of hydrogen-bond acceptors (Lipinski definition) is 4. The first kappa shape index (κ1) is 12.4. The summed E-state index contributed by atoms with van der Waals surface area (Å²) in [5.41, 5.74) is 5.53. The van der Waals surface area contributed by atoms with E-state index in [1.54, 1.807) is 19.2 Å². The minimum atomic E-state index is -0.469. The van der Waals surface area contributed by atoms with E-state index in [-0.39, 0.29) is 6.04 Å². The van der Waals surface area contributed by atoms with E-state index < -0.39 is 5.91 Å². The number of nitrogens with one attached hydrogen (secondary N) is 1. The van der Waals surface area contributed by atoms with Gasteiger partial charge in [-0.3, -0.25) is 4.79 Å². The molecule has 16 heavy (non-hydrogen) atoms. The lowest BCUT2D eigenvalue weighted by Gasteiger charge is -2.16. The molecule has 1 amide bonds. The van der Waals surface area contributed by atoms with Gasteiger partial charge < -0.3 is 15.8 Å². The fourth-order valence-electron chi connectivity index (χ4n) is 1.30. The number of ether oxygens (including phenoxy) is 1. The van der Waals surface area contributed by atoms with Crippen molar-refractivity contribution < 1.29 is 9.53 Å². The molecule has 0 saturated heterocycles. The molecule has 0 aliphatic heterocycles. The van der Waals surface area contributed by atoms with E-state index in [1.807, 2.05) is 0 Å². The Morgan fingerprint density at radius 3 is 2.81 bits per heavy atom. The van der Waals surface area contributed by atoms with Gasteiger partial charge in [-0.05, 0) is 18.6 Å². The zero-order valence-electron chi connectivity index (χ0n) is 9.56. The molecule has 5 nitrogen and oxygen atoms in total. The zero-order valence-corrected chi connectivity index (χ0v) is 9.56. The molecule has 0 saturated carbocycles. The molecule has 1 aromatic rings. The largest absolute Gasteiger partial charge is 0.383 e. The second-order valence-corrected chi connectivity index (χ2v) is 3.50. The number of primary amides is 1. The number of nitrogens with two attached hydrogens (primary N) is 1. The molecule has 1 unspecified atom stereocenters. The number of aromatic nitrogens is 1. The predicted octanol–water partition coefficient (Wildman–Crippen LogP) is 1.02. The van der Waals surface area contributed by atoms with Crippen molar-refractivity contribution in [3.63, 3.8) is 0 Å². The number of pyridine rings is 1. The summed E-state index contributed by atoms with van der Waals surface area (Å²) < 4.78 is 5.06. The smallest absolute Gasteiger partial charge is 0.250 e. The van der Waals surface area contributed by atoms with E-state index in [0.717, 1.165) is 6.42 Å². The van der Waals surface area contributed by atoms with Crippen LogP contribution in [0.4, 0.5) is 5.82 Å². The van der Waals surface area contributed by atoms with Crippen molar-refractivity contribution >= 4 is 11.7 Å². The molecule has 1 rings (SSSR count). The van der Waals surface area contributed by atoms with Crippen LogP contribution in [0, 0.1) is 0 Å². The number of carbonyl (C=O) groups excluding carboxylic acids is 1. The number of methoxy groups -OCH3 is 1. The molecule has 88 valence electrons. The third-order valence-electron chi connectivity index (χ3n) is 2.26. The van der Waals surface area contributed by atoms with Crippen LogP contribution in [-0.4, -0.2) is 30.6 Å². The molecule has 0 aliphatic rings. The Kier molecular flexibility index (Phi) is 4.72. The zero-order chi connectivity index (χ0) is 12.0. The van der Waals surface area contributed by atoms with Crippen LogP contribution in [0.1, 0.15) is 23.7 Å².